The lowest BCUT2D eigenvalue weighted by Crippen LogP contribution is -2.29. The number of hydrogen-bond acceptors (Lipinski definition) is 6. The Kier molecular flexibility index (Phi) is 5.61. The normalized spacial score (nSPS) is 11.1. The minimum absolute atomic E-state index is 0.153. The molecule has 10 heteroatoms. The zero-order valence-electron chi connectivity index (χ0n) is 11.2. The molecular formula is C11H15N3O6S. The van der Waals surface area contributed by atoms with Gasteiger partial charge < -0.3 is 10.4 Å². The number of nitrogens with zero attached hydrogens (tertiary/aromatic N) is 1. The predicted molar refractivity (Wildman–Crippen MR) is 74.6 cm³/mol. The maximum atomic E-state index is 11.8. The number of para-hydroxylation sites is 1. The van der Waals surface area contributed by atoms with Crippen molar-refractivity contribution in [3.8, 4) is 5.75 Å². The summed E-state index contributed by atoms with van der Waals surface area (Å²) in [5, 5.41) is 22.7. The highest BCUT2D eigenvalue weighted by Crippen LogP contribution is 2.28. The van der Waals surface area contributed by atoms with E-state index in [0.717, 1.165) is 12.3 Å². The number of aromatic hydroxyl groups is 1. The van der Waals surface area contributed by atoms with Gasteiger partial charge in [-0.3, -0.25) is 14.9 Å². The molecule has 0 aliphatic heterocycles. The summed E-state index contributed by atoms with van der Waals surface area (Å²) in [5.74, 6) is -1.37. The minimum atomic E-state index is -3.28. The van der Waals surface area contributed by atoms with E-state index in [0.29, 0.717) is 6.42 Å². The molecule has 0 spiro atoms. The highest BCUT2D eigenvalue weighted by Gasteiger charge is 2.20. The van der Waals surface area contributed by atoms with Crippen molar-refractivity contribution in [2.24, 2.45) is 0 Å². The van der Waals surface area contributed by atoms with E-state index < -0.39 is 32.3 Å². The highest BCUT2D eigenvalue weighted by molar-refractivity contribution is 7.88. The molecule has 0 aliphatic carbocycles. The number of nitrogens with one attached hydrogen (secondary N) is 2. The number of carbonyl (C=O) groups is 1. The van der Waals surface area contributed by atoms with Crippen molar-refractivity contribution in [3.05, 3.63) is 33.9 Å². The summed E-state index contributed by atoms with van der Waals surface area (Å²) in [4.78, 5) is 21.6. The van der Waals surface area contributed by atoms with E-state index in [2.05, 4.69) is 10.0 Å². The molecule has 0 saturated carbocycles. The topological polar surface area (TPSA) is 139 Å². The van der Waals surface area contributed by atoms with Crippen LogP contribution in [0.3, 0.4) is 0 Å². The Balaban J connectivity index is 2.57. The Morgan fingerprint density at radius 1 is 1.38 bits per heavy atom. The molecule has 0 aliphatic rings. The molecule has 1 amide bonds. The van der Waals surface area contributed by atoms with Crippen molar-refractivity contribution in [2.75, 3.05) is 19.3 Å². The van der Waals surface area contributed by atoms with Gasteiger partial charge in [0.2, 0.25) is 15.8 Å². The largest absolute Gasteiger partial charge is 0.502 e. The zero-order valence-corrected chi connectivity index (χ0v) is 12.0. The van der Waals surface area contributed by atoms with Gasteiger partial charge in [-0.05, 0) is 12.5 Å². The second kappa shape index (κ2) is 6.99. The molecule has 1 rings (SSSR count). The van der Waals surface area contributed by atoms with Crippen molar-refractivity contribution >= 4 is 21.6 Å². The van der Waals surface area contributed by atoms with Gasteiger partial charge in [0.05, 0.1) is 16.7 Å². The number of sulfonamides is 1. The summed E-state index contributed by atoms with van der Waals surface area (Å²) in [6.45, 7) is 0.309. The van der Waals surface area contributed by atoms with E-state index in [-0.39, 0.29) is 18.7 Å². The van der Waals surface area contributed by atoms with Crippen LogP contribution in [0.15, 0.2) is 18.2 Å². The summed E-state index contributed by atoms with van der Waals surface area (Å²) < 4.78 is 23.9. The first-order valence-corrected chi connectivity index (χ1v) is 7.80. The molecular weight excluding hydrogens is 302 g/mol. The third kappa shape index (κ3) is 5.36. The van der Waals surface area contributed by atoms with Crippen LogP contribution in [-0.4, -0.2) is 43.7 Å². The minimum Gasteiger partial charge on any atom is -0.502 e. The van der Waals surface area contributed by atoms with Crippen molar-refractivity contribution < 1.29 is 23.2 Å². The van der Waals surface area contributed by atoms with Gasteiger partial charge in [-0.1, -0.05) is 6.07 Å². The van der Waals surface area contributed by atoms with Gasteiger partial charge in [0.25, 0.3) is 5.91 Å². The first-order chi connectivity index (χ1) is 9.72. The lowest BCUT2D eigenvalue weighted by Gasteiger charge is -2.07. The number of hydrogen-bond donors (Lipinski definition) is 3. The molecule has 0 heterocycles. The Morgan fingerprint density at radius 2 is 2.05 bits per heavy atom. The molecule has 0 unspecified atom stereocenters. The Hall–Kier alpha value is -2.20. The van der Waals surface area contributed by atoms with Crippen molar-refractivity contribution in [1.82, 2.24) is 10.0 Å². The summed E-state index contributed by atoms with van der Waals surface area (Å²) in [6, 6.07) is 3.63. The second-order valence-electron chi connectivity index (χ2n) is 4.21. The third-order valence-electron chi connectivity index (χ3n) is 2.46. The second-order valence-corrected chi connectivity index (χ2v) is 6.04. The number of phenols is 1. The standard InChI is InChI=1S/C11H15N3O6S/c1-21(19,20)13-7-3-6-12-11(16)8-4-2-5-9(10(8)15)14(17)18/h2,4-5,13,15H,3,6-7H2,1H3,(H,12,16). The molecule has 21 heavy (non-hydrogen) atoms. The van der Waals surface area contributed by atoms with E-state index in [1.54, 1.807) is 0 Å². The van der Waals surface area contributed by atoms with Crippen LogP contribution >= 0.6 is 0 Å². The molecule has 0 bridgehead atoms. The van der Waals surface area contributed by atoms with Gasteiger partial charge >= 0.3 is 5.69 Å². The number of phenolic OH excluding ortho intramolecular Hbond substituents is 1. The molecule has 0 radical (unpaired) electrons. The Morgan fingerprint density at radius 3 is 2.62 bits per heavy atom. The Bertz CT molecular complexity index is 643. The molecule has 3 N–H and O–H groups in total. The van der Waals surface area contributed by atoms with Crippen LogP contribution < -0.4 is 10.0 Å². The first-order valence-electron chi connectivity index (χ1n) is 5.91. The average molecular weight is 317 g/mol. The molecule has 0 fully saturated rings. The number of amides is 1. The van der Waals surface area contributed by atoms with E-state index in [1.165, 1.54) is 12.1 Å². The molecule has 116 valence electrons. The van der Waals surface area contributed by atoms with Gasteiger partial charge in [-0.25, -0.2) is 13.1 Å². The highest BCUT2D eigenvalue weighted by atomic mass is 32.2. The van der Waals surface area contributed by atoms with Gasteiger partial charge in [-0.2, -0.15) is 0 Å². The summed E-state index contributed by atoms with van der Waals surface area (Å²) in [6.07, 6.45) is 1.36. The van der Waals surface area contributed by atoms with Crippen LogP contribution in [0, 0.1) is 10.1 Å². The SMILES string of the molecule is CS(=O)(=O)NCCCNC(=O)c1cccc([N+](=O)[O-])c1O. The number of carbonyl (C=O) groups excluding carboxylic acids is 1. The van der Waals surface area contributed by atoms with E-state index in [4.69, 9.17) is 0 Å². The van der Waals surface area contributed by atoms with Gasteiger partial charge in [0.1, 0.15) is 0 Å². The van der Waals surface area contributed by atoms with Gasteiger partial charge in [0, 0.05) is 19.2 Å². The smallest absolute Gasteiger partial charge is 0.311 e. The molecule has 1 aromatic carbocycles. The number of rotatable bonds is 7. The summed E-state index contributed by atoms with van der Waals surface area (Å²) in [7, 11) is -3.28. The van der Waals surface area contributed by atoms with Crippen LogP contribution in [0.1, 0.15) is 16.8 Å². The fourth-order valence-corrected chi connectivity index (χ4v) is 2.02. The van der Waals surface area contributed by atoms with Crippen LogP contribution in [0.4, 0.5) is 5.69 Å². The molecule has 0 saturated heterocycles. The van der Waals surface area contributed by atoms with Crippen LogP contribution in [0.25, 0.3) is 0 Å². The fourth-order valence-electron chi connectivity index (χ4n) is 1.50. The van der Waals surface area contributed by atoms with Gasteiger partial charge in [0.15, 0.2) is 0 Å². The third-order valence-corrected chi connectivity index (χ3v) is 3.19. The predicted octanol–water partition coefficient (Wildman–Crippen LogP) is -0.0305. The molecule has 0 atom stereocenters. The maximum Gasteiger partial charge on any atom is 0.311 e. The van der Waals surface area contributed by atoms with E-state index in [1.807, 2.05) is 0 Å². The van der Waals surface area contributed by atoms with Crippen molar-refractivity contribution in [2.45, 2.75) is 6.42 Å². The average Bonchev–Trinajstić information content (AvgIpc) is 2.36. The van der Waals surface area contributed by atoms with Crippen LogP contribution in [0.2, 0.25) is 0 Å². The Labute approximate surface area is 121 Å². The van der Waals surface area contributed by atoms with Crippen LogP contribution in [0.5, 0.6) is 5.75 Å². The van der Waals surface area contributed by atoms with Gasteiger partial charge in [-0.15, -0.1) is 0 Å². The number of nitro groups is 1. The number of benzene rings is 1. The molecule has 9 nitrogen and oxygen atoms in total. The number of nitro benzene ring substituents is 1. The monoisotopic (exact) mass is 317 g/mol. The van der Waals surface area contributed by atoms with Crippen LogP contribution in [-0.2, 0) is 10.0 Å². The first kappa shape index (κ1) is 16.9. The maximum absolute atomic E-state index is 11.8. The van der Waals surface area contributed by atoms with E-state index >= 15 is 0 Å². The fraction of sp³-hybridized carbons (Fsp3) is 0.364. The van der Waals surface area contributed by atoms with Crippen molar-refractivity contribution in [1.29, 1.82) is 0 Å². The quantitative estimate of drug-likeness (QED) is 0.366. The lowest BCUT2D eigenvalue weighted by molar-refractivity contribution is -0.385. The molecule has 1 aromatic rings. The lowest BCUT2D eigenvalue weighted by atomic mass is 10.1. The summed E-state index contributed by atoms with van der Waals surface area (Å²) >= 11 is 0. The van der Waals surface area contributed by atoms with Crippen molar-refractivity contribution in [3.63, 3.8) is 0 Å². The van der Waals surface area contributed by atoms with E-state index in [9.17, 15) is 28.4 Å². The zero-order chi connectivity index (χ0) is 16.0. The summed E-state index contributed by atoms with van der Waals surface area (Å²) in [5.41, 5.74) is -0.762. The molecule has 0 aromatic heterocycles.